The van der Waals surface area contributed by atoms with Gasteiger partial charge in [0.15, 0.2) is 0 Å². The topological polar surface area (TPSA) is 98.9 Å². The monoisotopic (exact) mass is 464 g/mol. The van der Waals surface area contributed by atoms with Crippen molar-refractivity contribution in [1.29, 1.82) is 0 Å². The molecule has 2 N–H and O–H groups in total. The van der Waals surface area contributed by atoms with Crippen molar-refractivity contribution < 1.29 is 46.1 Å². The van der Waals surface area contributed by atoms with Crippen molar-refractivity contribution in [2.24, 2.45) is 0 Å². The minimum Gasteiger partial charge on any atom is -0.475 e. The summed E-state index contributed by atoms with van der Waals surface area (Å²) < 4.78 is 65.7. The molecule has 2 heterocycles. The normalized spacial score (nSPS) is 16.5. The third kappa shape index (κ3) is 11.0. The smallest absolute Gasteiger partial charge is 0.475 e. The molecular weight excluding hydrogens is 438 g/mol. The van der Waals surface area contributed by atoms with E-state index in [0.717, 1.165) is 26.2 Å². The minimum absolute atomic E-state index is 0.541. The van der Waals surface area contributed by atoms with E-state index in [4.69, 9.17) is 19.8 Å². The molecule has 14 heteroatoms. The van der Waals surface area contributed by atoms with E-state index in [1.54, 1.807) is 0 Å². The van der Waals surface area contributed by atoms with E-state index in [9.17, 15) is 26.3 Å². The molecule has 1 aromatic rings. The number of aliphatic carboxylic acids is 2. The number of carboxylic acid groups (broad SMARTS) is 2. The highest BCUT2D eigenvalue weighted by Crippen LogP contribution is 2.22. The maximum atomic E-state index is 10.6. The summed E-state index contributed by atoms with van der Waals surface area (Å²) in [6.07, 6.45) is -7.04. The van der Waals surface area contributed by atoms with E-state index < -0.39 is 24.3 Å². The SMILES string of the molecule is CCN(CC)CCC1CN(C)Cc2ccnn21.O=C(O)C(F)(F)F.O=C(O)C(F)(F)F. The largest absolute Gasteiger partial charge is 0.490 e. The van der Waals surface area contributed by atoms with E-state index in [-0.39, 0.29) is 0 Å². The summed E-state index contributed by atoms with van der Waals surface area (Å²) in [5.74, 6) is -5.51. The van der Waals surface area contributed by atoms with Crippen LogP contribution >= 0.6 is 0 Å². The van der Waals surface area contributed by atoms with Crippen molar-refractivity contribution in [3.8, 4) is 0 Å². The lowest BCUT2D eigenvalue weighted by molar-refractivity contribution is -0.193. The van der Waals surface area contributed by atoms with Gasteiger partial charge in [0.05, 0.1) is 11.7 Å². The number of likely N-dealkylation sites (N-methyl/N-ethyl adjacent to an activating group) is 1. The van der Waals surface area contributed by atoms with Crippen LogP contribution in [0.1, 0.15) is 32.0 Å². The lowest BCUT2D eigenvalue weighted by Crippen LogP contribution is -2.37. The molecule has 0 aliphatic carbocycles. The van der Waals surface area contributed by atoms with Crippen LogP contribution in [0.15, 0.2) is 12.3 Å². The van der Waals surface area contributed by atoms with Gasteiger partial charge in [0.25, 0.3) is 0 Å². The molecule has 0 saturated carbocycles. The fourth-order valence-corrected chi connectivity index (χ4v) is 2.66. The first-order valence-electron chi connectivity index (χ1n) is 9.16. The zero-order valence-electron chi connectivity index (χ0n) is 17.2. The Balaban J connectivity index is 0.000000536. The Labute approximate surface area is 175 Å². The summed E-state index contributed by atoms with van der Waals surface area (Å²) in [5.41, 5.74) is 1.35. The highest BCUT2D eigenvalue weighted by Gasteiger charge is 2.38. The van der Waals surface area contributed by atoms with Crippen LogP contribution in [-0.4, -0.2) is 87.3 Å². The van der Waals surface area contributed by atoms with Gasteiger partial charge in [0.1, 0.15) is 0 Å². The van der Waals surface area contributed by atoms with Gasteiger partial charge in [-0.2, -0.15) is 31.4 Å². The summed E-state index contributed by atoms with van der Waals surface area (Å²) in [6, 6.07) is 2.68. The fraction of sp³-hybridized carbons (Fsp3) is 0.706. The highest BCUT2D eigenvalue weighted by molar-refractivity contribution is 5.73. The molecule has 0 amide bonds. The zero-order chi connectivity index (χ0) is 24.4. The van der Waals surface area contributed by atoms with Crippen molar-refractivity contribution >= 4 is 11.9 Å². The Hall–Kier alpha value is -2.35. The van der Waals surface area contributed by atoms with E-state index in [0.29, 0.717) is 6.04 Å². The summed E-state index contributed by atoms with van der Waals surface area (Å²) in [4.78, 5) is 22.7. The van der Waals surface area contributed by atoms with Crippen LogP contribution < -0.4 is 0 Å². The van der Waals surface area contributed by atoms with Crippen LogP contribution in [0.4, 0.5) is 26.3 Å². The second kappa shape index (κ2) is 12.5. The molecule has 0 spiro atoms. The molecule has 8 nitrogen and oxygen atoms in total. The number of carbonyl (C=O) groups is 2. The predicted molar refractivity (Wildman–Crippen MR) is 97.4 cm³/mol. The molecule has 1 atom stereocenters. The van der Waals surface area contributed by atoms with Crippen LogP contribution in [0.2, 0.25) is 0 Å². The van der Waals surface area contributed by atoms with Crippen molar-refractivity contribution in [2.45, 2.75) is 45.2 Å². The lowest BCUT2D eigenvalue weighted by Gasteiger charge is -2.32. The molecule has 1 aromatic heterocycles. The Kier molecular flexibility index (Phi) is 11.5. The number of carboxylic acids is 2. The molecule has 180 valence electrons. The number of hydrogen-bond acceptors (Lipinski definition) is 5. The van der Waals surface area contributed by atoms with Gasteiger partial charge in [-0.15, -0.1) is 0 Å². The van der Waals surface area contributed by atoms with E-state index in [1.807, 2.05) is 6.20 Å². The number of hydrogen-bond donors (Lipinski definition) is 2. The van der Waals surface area contributed by atoms with Gasteiger partial charge in [-0.3, -0.25) is 9.58 Å². The van der Waals surface area contributed by atoms with E-state index >= 15 is 0 Å². The number of nitrogens with zero attached hydrogens (tertiary/aromatic N) is 4. The van der Waals surface area contributed by atoms with Crippen LogP contribution in [0.3, 0.4) is 0 Å². The number of aromatic nitrogens is 2. The van der Waals surface area contributed by atoms with Crippen molar-refractivity contribution in [1.82, 2.24) is 19.6 Å². The van der Waals surface area contributed by atoms with E-state index in [1.165, 1.54) is 18.7 Å². The van der Waals surface area contributed by atoms with Crippen LogP contribution in [0.25, 0.3) is 0 Å². The van der Waals surface area contributed by atoms with Gasteiger partial charge in [-0.1, -0.05) is 13.8 Å². The lowest BCUT2D eigenvalue weighted by atomic mass is 10.1. The second-order valence-corrected chi connectivity index (χ2v) is 6.54. The summed E-state index contributed by atoms with van der Waals surface area (Å²) in [6.45, 7) is 10.1. The maximum absolute atomic E-state index is 10.6. The third-order valence-corrected chi connectivity index (χ3v) is 4.21. The number of rotatable bonds is 5. The molecule has 31 heavy (non-hydrogen) atoms. The van der Waals surface area contributed by atoms with Gasteiger partial charge in [0, 0.05) is 25.8 Å². The molecule has 0 saturated heterocycles. The Morgan fingerprint density at radius 1 is 1.10 bits per heavy atom. The summed E-state index contributed by atoms with van der Waals surface area (Å²) in [5, 5.41) is 18.7. The molecule has 1 aliphatic rings. The molecule has 0 fully saturated rings. The molecule has 0 bridgehead atoms. The molecule has 0 aromatic carbocycles. The van der Waals surface area contributed by atoms with Crippen molar-refractivity contribution in [2.75, 3.05) is 33.2 Å². The van der Waals surface area contributed by atoms with Crippen LogP contribution in [0.5, 0.6) is 0 Å². The fourth-order valence-electron chi connectivity index (χ4n) is 2.66. The second-order valence-electron chi connectivity index (χ2n) is 6.54. The van der Waals surface area contributed by atoms with Crippen LogP contribution in [-0.2, 0) is 16.1 Å². The van der Waals surface area contributed by atoms with Gasteiger partial charge in [0.2, 0.25) is 0 Å². The first kappa shape index (κ1) is 28.6. The van der Waals surface area contributed by atoms with Gasteiger partial charge in [-0.05, 0) is 32.6 Å². The molecule has 0 radical (unpaired) electrons. The average Bonchev–Trinajstić information content (AvgIpc) is 3.10. The standard InChI is InChI=1S/C13H24N4.2C2HF3O2/c1-4-16(5-2)9-7-13-11-15(3)10-12-6-8-14-17(12)13;2*3-2(4,5)1(6)7/h6,8,13H,4-5,7,9-11H2,1-3H3;2*(H,6,7). The molecule has 1 unspecified atom stereocenters. The molecule has 1 aliphatic heterocycles. The first-order valence-corrected chi connectivity index (χ1v) is 9.16. The molecular formula is C17H26F6N4O4. The van der Waals surface area contributed by atoms with Crippen LogP contribution in [0, 0.1) is 0 Å². The number of alkyl halides is 6. The predicted octanol–water partition coefficient (Wildman–Crippen LogP) is 2.87. The third-order valence-electron chi connectivity index (χ3n) is 4.21. The highest BCUT2D eigenvalue weighted by atomic mass is 19.4. The van der Waals surface area contributed by atoms with E-state index in [2.05, 4.69) is 46.5 Å². The Morgan fingerprint density at radius 2 is 1.55 bits per heavy atom. The number of halogens is 6. The average molecular weight is 464 g/mol. The quantitative estimate of drug-likeness (QED) is 0.647. The maximum Gasteiger partial charge on any atom is 0.490 e. The van der Waals surface area contributed by atoms with Crippen molar-refractivity contribution in [3.63, 3.8) is 0 Å². The number of fused-ring (bicyclic) bond motifs is 1. The summed E-state index contributed by atoms with van der Waals surface area (Å²) in [7, 11) is 2.20. The van der Waals surface area contributed by atoms with Gasteiger partial charge in [-0.25, -0.2) is 9.59 Å². The summed E-state index contributed by atoms with van der Waals surface area (Å²) >= 11 is 0. The zero-order valence-corrected chi connectivity index (χ0v) is 17.2. The minimum atomic E-state index is -5.08. The van der Waals surface area contributed by atoms with Gasteiger partial charge >= 0.3 is 24.3 Å². The molecule has 2 rings (SSSR count). The Bertz CT molecular complexity index is 665. The van der Waals surface area contributed by atoms with Gasteiger partial charge < -0.3 is 15.1 Å². The van der Waals surface area contributed by atoms with Crippen molar-refractivity contribution in [3.05, 3.63) is 18.0 Å². The first-order chi connectivity index (χ1) is 14.1. The Morgan fingerprint density at radius 3 is 1.94 bits per heavy atom.